The van der Waals surface area contributed by atoms with Crippen LogP contribution in [-0.4, -0.2) is 35.2 Å². The predicted octanol–water partition coefficient (Wildman–Crippen LogP) is 2.65. The van der Waals surface area contributed by atoms with Crippen LogP contribution in [0, 0.1) is 5.82 Å². The first-order valence-electron chi connectivity index (χ1n) is 8.52. The molecule has 3 rings (SSSR count). The molecule has 1 aliphatic heterocycles. The summed E-state index contributed by atoms with van der Waals surface area (Å²) < 4.78 is 13.8. The minimum absolute atomic E-state index is 0.0235. The summed E-state index contributed by atoms with van der Waals surface area (Å²) in [6.45, 7) is -0.0235. The second kappa shape index (κ2) is 7.11. The van der Waals surface area contributed by atoms with E-state index < -0.39 is 17.6 Å². The Morgan fingerprint density at radius 1 is 1.12 bits per heavy atom. The molecule has 1 saturated carbocycles. The number of imide groups is 1. The lowest BCUT2D eigenvalue weighted by atomic mass is 10.1. The summed E-state index contributed by atoms with van der Waals surface area (Å²) in [6, 6.07) is 4.18. The number of hydrogen-bond acceptors (Lipinski definition) is 3. The smallest absolute Gasteiger partial charge is 0.264 e. The van der Waals surface area contributed by atoms with Gasteiger partial charge in [-0.2, -0.15) is 0 Å². The Hall–Kier alpha value is -2.24. The summed E-state index contributed by atoms with van der Waals surface area (Å²) in [7, 11) is 0. The number of nitrogens with zero attached hydrogens (tertiary/aromatic N) is 1. The van der Waals surface area contributed by atoms with E-state index in [1.54, 1.807) is 0 Å². The molecule has 1 aromatic rings. The van der Waals surface area contributed by atoms with Gasteiger partial charge in [-0.1, -0.05) is 31.7 Å². The van der Waals surface area contributed by atoms with Crippen molar-refractivity contribution in [1.29, 1.82) is 0 Å². The number of hydrogen-bond donors (Lipinski definition) is 1. The van der Waals surface area contributed by atoms with E-state index >= 15 is 0 Å². The molecule has 1 aliphatic carbocycles. The highest BCUT2D eigenvalue weighted by atomic mass is 19.1. The van der Waals surface area contributed by atoms with Crippen LogP contribution in [0.3, 0.4) is 0 Å². The molecule has 2 aliphatic rings. The molecule has 0 bridgehead atoms. The topological polar surface area (TPSA) is 66.5 Å². The fourth-order valence-electron chi connectivity index (χ4n) is 3.43. The van der Waals surface area contributed by atoms with Crippen LogP contribution in [0.1, 0.15) is 65.7 Å². The summed E-state index contributed by atoms with van der Waals surface area (Å²) >= 11 is 0. The molecule has 1 heterocycles. The van der Waals surface area contributed by atoms with E-state index in [0.717, 1.165) is 36.6 Å². The summed E-state index contributed by atoms with van der Waals surface area (Å²) in [6.07, 6.45) is 6.63. The zero-order chi connectivity index (χ0) is 17.1. The fraction of sp³-hybridized carbons (Fsp3) is 0.500. The van der Waals surface area contributed by atoms with Crippen LogP contribution < -0.4 is 5.32 Å². The zero-order valence-electron chi connectivity index (χ0n) is 13.5. The van der Waals surface area contributed by atoms with Crippen molar-refractivity contribution in [3.05, 3.63) is 35.1 Å². The van der Waals surface area contributed by atoms with Crippen LogP contribution in [-0.2, 0) is 4.79 Å². The van der Waals surface area contributed by atoms with Gasteiger partial charge in [0, 0.05) is 19.0 Å². The lowest BCUT2D eigenvalue weighted by Gasteiger charge is -2.18. The molecule has 3 amide bonds. The molecular formula is C18H21FN2O3. The van der Waals surface area contributed by atoms with E-state index in [1.807, 2.05) is 0 Å². The highest BCUT2D eigenvalue weighted by molar-refractivity contribution is 6.21. The Balaban J connectivity index is 1.57. The summed E-state index contributed by atoms with van der Waals surface area (Å²) in [5.74, 6) is -2.05. The Morgan fingerprint density at radius 3 is 2.50 bits per heavy atom. The molecule has 1 N–H and O–H groups in total. The maximum absolute atomic E-state index is 13.8. The highest BCUT2D eigenvalue weighted by Gasteiger charge is 2.37. The van der Waals surface area contributed by atoms with Crippen molar-refractivity contribution in [3.8, 4) is 0 Å². The van der Waals surface area contributed by atoms with Crippen molar-refractivity contribution < 1.29 is 18.8 Å². The molecule has 0 radical (unpaired) electrons. The average molecular weight is 332 g/mol. The minimum Gasteiger partial charge on any atom is -0.353 e. The number of benzene rings is 1. The number of rotatable bonds is 4. The summed E-state index contributed by atoms with van der Waals surface area (Å²) in [5, 5.41) is 2.98. The van der Waals surface area contributed by atoms with Gasteiger partial charge in [-0.25, -0.2) is 4.39 Å². The lowest BCUT2D eigenvalue weighted by Crippen LogP contribution is -2.38. The third kappa shape index (κ3) is 3.32. The maximum Gasteiger partial charge on any atom is 0.264 e. The Morgan fingerprint density at radius 2 is 1.83 bits per heavy atom. The summed E-state index contributed by atoms with van der Waals surface area (Å²) in [4.78, 5) is 37.5. The maximum atomic E-state index is 13.8. The van der Waals surface area contributed by atoms with Crippen molar-refractivity contribution in [2.24, 2.45) is 0 Å². The van der Waals surface area contributed by atoms with Crippen molar-refractivity contribution in [3.63, 3.8) is 0 Å². The molecule has 1 aromatic carbocycles. The van der Waals surface area contributed by atoms with Crippen LogP contribution in [0.25, 0.3) is 0 Å². The number of halogens is 1. The van der Waals surface area contributed by atoms with Gasteiger partial charge in [0.25, 0.3) is 11.8 Å². The molecule has 5 nitrogen and oxygen atoms in total. The van der Waals surface area contributed by atoms with Gasteiger partial charge in [0.2, 0.25) is 5.91 Å². The van der Waals surface area contributed by atoms with Crippen LogP contribution in [0.4, 0.5) is 4.39 Å². The molecule has 6 heteroatoms. The summed E-state index contributed by atoms with van der Waals surface area (Å²) in [5.41, 5.74) is -0.115. The molecular weight excluding hydrogens is 311 g/mol. The number of fused-ring (bicyclic) bond motifs is 1. The van der Waals surface area contributed by atoms with E-state index in [2.05, 4.69) is 5.32 Å². The molecule has 128 valence electrons. The lowest BCUT2D eigenvalue weighted by molar-refractivity contribution is -0.121. The van der Waals surface area contributed by atoms with Gasteiger partial charge < -0.3 is 5.32 Å². The molecule has 0 atom stereocenters. The first-order valence-corrected chi connectivity index (χ1v) is 8.52. The van der Waals surface area contributed by atoms with Crippen molar-refractivity contribution in [2.75, 3.05) is 6.54 Å². The van der Waals surface area contributed by atoms with Crippen LogP contribution in [0.15, 0.2) is 18.2 Å². The van der Waals surface area contributed by atoms with Gasteiger partial charge in [-0.05, 0) is 25.0 Å². The standard InChI is InChI=1S/C18H21FN2O3/c19-14-9-5-8-13-16(14)18(24)21(17(13)23)11-10-15(22)20-12-6-3-1-2-4-7-12/h5,8-9,12H,1-4,6-7,10-11H2,(H,20,22). The molecule has 0 spiro atoms. The highest BCUT2D eigenvalue weighted by Crippen LogP contribution is 2.25. The SMILES string of the molecule is O=C(CCN1C(=O)c2cccc(F)c2C1=O)NC1CCCCCC1. The van der Waals surface area contributed by atoms with Gasteiger partial charge in [0.05, 0.1) is 11.1 Å². The molecule has 0 saturated heterocycles. The van der Waals surface area contributed by atoms with Crippen LogP contribution in [0.5, 0.6) is 0 Å². The first-order chi connectivity index (χ1) is 11.6. The monoisotopic (exact) mass is 332 g/mol. The van der Waals surface area contributed by atoms with Gasteiger partial charge in [0.1, 0.15) is 5.82 Å². The quantitative estimate of drug-likeness (QED) is 0.681. The Bertz CT molecular complexity index is 666. The Kier molecular flexibility index (Phi) is 4.92. The number of amides is 3. The van der Waals surface area contributed by atoms with Gasteiger partial charge in [-0.15, -0.1) is 0 Å². The third-order valence-corrected chi connectivity index (χ3v) is 4.73. The van der Waals surface area contributed by atoms with E-state index in [1.165, 1.54) is 25.0 Å². The molecule has 0 unspecified atom stereocenters. The van der Waals surface area contributed by atoms with Crippen molar-refractivity contribution >= 4 is 17.7 Å². The van der Waals surface area contributed by atoms with Gasteiger partial charge >= 0.3 is 0 Å². The van der Waals surface area contributed by atoms with E-state index in [-0.39, 0.29) is 36.0 Å². The molecule has 24 heavy (non-hydrogen) atoms. The number of nitrogens with one attached hydrogen (secondary N) is 1. The van der Waals surface area contributed by atoms with Gasteiger partial charge in [-0.3, -0.25) is 19.3 Å². The predicted molar refractivity (Wildman–Crippen MR) is 86.0 cm³/mol. The van der Waals surface area contributed by atoms with E-state index in [9.17, 15) is 18.8 Å². The largest absolute Gasteiger partial charge is 0.353 e. The Labute approximate surface area is 140 Å². The molecule has 0 aromatic heterocycles. The van der Waals surface area contributed by atoms with E-state index in [0.29, 0.717) is 0 Å². The molecule has 1 fully saturated rings. The van der Waals surface area contributed by atoms with E-state index in [4.69, 9.17) is 0 Å². The zero-order valence-corrected chi connectivity index (χ0v) is 13.5. The van der Waals surface area contributed by atoms with Crippen LogP contribution >= 0.6 is 0 Å². The second-order valence-electron chi connectivity index (χ2n) is 6.43. The third-order valence-electron chi connectivity index (χ3n) is 4.73. The van der Waals surface area contributed by atoms with Crippen molar-refractivity contribution in [2.45, 2.75) is 51.0 Å². The number of carbonyl (C=O) groups is 3. The van der Waals surface area contributed by atoms with Crippen LogP contribution in [0.2, 0.25) is 0 Å². The average Bonchev–Trinajstić information content (AvgIpc) is 2.73. The number of carbonyl (C=O) groups excluding carboxylic acids is 3. The normalized spacial score (nSPS) is 18.5. The minimum atomic E-state index is -0.698. The fourth-order valence-corrected chi connectivity index (χ4v) is 3.43. The van der Waals surface area contributed by atoms with Gasteiger partial charge in [0.15, 0.2) is 0 Å². The van der Waals surface area contributed by atoms with Crippen molar-refractivity contribution in [1.82, 2.24) is 10.2 Å². The first kappa shape index (κ1) is 16.6. The second-order valence-corrected chi connectivity index (χ2v) is 6.43.